The van der Waals surface area contributed by atoms with Crippen LogP contribution in [0.25, 0.3) is 0 Å². The molecule has 7 heteroatoms. The molecule has 0 aliphatic carbocycles. The average molecular weight is 233 g/mol. The van der Waals surface area contributed by atoms with E-state index < -0.39 is 29.8 Å². The number of primary amides is 1. The maximum Gasteiger partial charge on any atom is 0.405 e. The van der Waals surface area contributed by atoms with Crippen molar-refractivity contribution in [1.29, 1.82) is 0 Å². The molecular formula is C9H19N3O4. The van der Waals surface area contributed by atoms with Gasteiger partial charge in [0.05, 0.1) is 5.60 Å². The summed E-state index contributed by atoms with van der Waals surface area (Å²) < 4.78 is 10.1. The molecule has 0 rings (SSSR count). The number of nitrogens with two attached hydrogens (primary N) is 2. The van der Waals surface area contributed by atoms with Crippen LogP contribution in [0.2, 0.25) is 0 Å². The number of hydrogen-bond donors (Lipinski definition) is 3. The topological polar surface area (TPSA) is 117 Å². The molecule has 0 saturated heterocycles. The van der Waals surface area contributed by atoms with Crippen molar-refractivity contribution in [3.05, 3.63) is 0 Å². The van der Waals surface area contributed by atoms with E-state index in [1.807, 2.05) is 26.2 Å². The molecule has 0 fully saturated rings. The molecule has 0 aliphatic heterocycles. The lowest BCUT2D eigenvalue weighted by atomic mass is 10.1. The second-order valence-corrected chi connectivity index (χ2v) is 4.30. The van der Waals surface area contributed by atoms with Gasteiger partial charge in [-0.15, -0.1) is 0 Å². The van der Waals surface area contributed by atoms with E-state index in [2.05, 4.69) is 4.74 Å². The summed E-state index contributed by atoms with van der Waals surface area (Å²) in [6.07, 6.45) is -2.88. The van der Waals surface area contributed by atoms with E-state index >= 15 is 0 Å². The zero-order valence-corrected chi connectivity index (χ0v) is 9.94. The fourth-order valence-electron chi connectivity index (χ4n) is 1.19. The quantitative estimate of drug-likeness (QED) is 0.348. The molecule has 7 nitrogen and oxygen atoms in total. The zero-order valence-electron chi connectivity index (χ0n) is 9.94. The van der Waals surface area contributed by atoms with Crippen LogP contribution in [0, 0.1) is 0 Å². The van der Waals surface area contributed by atoms with Gasteiger partial charge in [-0.2, -0.15) is 0 Å². The first-order valence-electron chi connectivity index (χ1n) is 4.81. The summed E-state index contributed by atoms with van der Waals surface area (Å²) in [5.41, 5.74) is 6.26. The minimum atomic E-state index is -1.17. The van der Waals surface area contributed by atoms with Gasteiger partial charge in [-0.3, -0.25) is 10.2 Å². The van der Waals surface area contributed by atoms with E-state index in [0.717, 1.165) is 0 Å². The van der Waals surface area contributed by atoms with Crippen molar-refractivity contribution in [2.75, 3.05) is 0 Å². The standard InChI is InChI=1S/C9H19N3O4/c1-5(16-9(2,3)4)6(7(13)12-11)15-8(10)14/h5-6H,11H2,1-4H3,(H2,10,14)(H,12,13)/t5-,6+/m1/s1. The van der Waals surface area contributed by atoms with Gasteiger partial charge in [-0.05, 0) is 27.7 Å². The summed E-state index contributed by atoms with van der Waals surface area (Å²) in [6, 6.07) is 0. The number of carbonyl (C=O) groups is 2. The molecule has 0 radical (unpaired) electrons. The van der Waals surface area contributed by atoms with Crippen LogP contribution in [0.4, 0.5) is 4.79 Å². The van der Waals surface area contributed by atoms with Crippen LogP contribution < -0.4 is 17.0 Å². The second-order valence-electron chi connectivity index (χ2n) is 4.30. The molecule has 0 saturated carbocycles. The first-order valence-corrected chi connectivity index (χ1v) is 4.81. The smallest absolute Gasteiger partial charge is 0.405 e. The monoisotopic (exact) mass is 233 g/mol. The number of hydrogen-bond acceptors (Lipinski definition) is 5. The van der Waals surface area contributed by atoms with E-state index in [1.54, 1.807) is 6.92 Å². The molecule has 0 aromatic heterocycles. The average Bonchev–Trinajstić information content (AvgIpc) is 2.09. The fourth-order valence-corrected chi connectivity index (χ4v) is 1.19. The summed E-state index contributed by atoms with van der Waals surface area (Å²) >= 11 is 0. The van der Waals surface area contributed by atoms with Crippen molar-refractivity contribution < 1.29 is 19.1 Å². The van der Waals surface area contributed by atoms with Crippen LogP contribution >= 0.6 is 0 Å². The highest BCUT2D eigenvalue weighted by Crippen LogP contribution is 2.14. The Hall–Kier alpha value is -1.34. The number of carbonyl (C=O) groups excluding carboxylic acids is 2. The Balaban J connectivity index is 4.62. The number of nitrogens with one attached hydrogen (secondary N) is 1. The molecule has 16 heavy (non-hydrogen) atoms. The molecule has 0 aromatic rings. The lowest BCUT2D eigenvalue weighted by Crippen LogP contribution is -2.49. The first-order chi connectivity index (χ1) is 7.17. The van der Waals surface area contributed by atoms with E-state index in [-0.39, 0.29) is 0 Å². The van der Waals surface area contributed by atoms with Crippen molar-refractivity contribution in [1.82, 2.24) is 5.43 Å². The summed E-state index contributed by atoms with van der Waals surface area (Å²) in [5.74, 6) is 4.29. The first kappa shape index (κ1) is 14.7. The van der Waals surface area contributed by atoms with E-state index in [4.69, 9.17) is 16.3 Å². The Kier molecular flexibility index (Phi) is 5.19. The summed E-state index contributed by atoms with van der Waals surface area (Å²) in [7, 11) is 0. The van der Waals surface area contributed by atoms with Gasteiger partial charge < -0.3 is 15.2 Å². The van der Waals surface area contributed by atoms with Gasteiger partial charge in [-0.25, -0.2) is 10.6 Å². The predicted molar refractivity (Wildman–Crippen MR) is 57.1 cm³/mol. The molecule has 94 valence electrons. The van der Waals surface area contributed by atoms with Crippen molar-refractivity contribution in [2.24, 2.45) is 11.6 Å². The fraction of sp³-hybridized carbons (Fsp3) is 0.778. The minimum absolute atomic E-state index is 0.479. The van der Waals surface area contributed by atoms with E-state index in [0.29, 0.717) is 0 Å². The van der Waals surface area contributed by atoms with Crippen LogP contribution in [-0.4, -0.2) is 29.8 Å². The Bertz CT molecular complexity index is 262. The van der Waals surface area contributed by atoms with Crippen LogP contribution in [0.15, 0.2) is 0 Å². The van der Waals surface area contributed by atoms with Crippen LogP contribution in [-0.2, 0) is 14.3 Å². The Morgan fingerprint density at radius 1 is 1.31 bits per heavy atom. The van der Waals surface area contributed by atoms with Gasteiger partial charge in [0.25, 0.3) is 5.91 Å². The van der Waals surface area contributed by atoms with Crippen LogP contribution in [0.1, 0.15) is 27.7 Å². The zero-order chi connectivity index (χ0) is 12.9. The molecule has 2 amide bonds. The minimum Gasteiger partial charge on any atom is -0.433 e. The lowest BCUT2D eigenvalue weighted by molar-refractivity contribution is -0.146. The third kappa shape index (κ3) is 5.52. The second kappa shape index (κ2) is 5.66. The number of amides is 2. The normalized spacial score (nSPS) is 15.1. The largest absolute Gasteiger partial charge is 0.433 e. The molecular weight excluding hydrogens is 214 g/mol. The Morgan fingerprint density at radius 3 is 2.12 bits per heavy atom. The molecule has 0 bridgehead atoms. The van der Waals surface area contributed by atoms with Gasteiger partial charge in [0, 0.05) is 0 Å². The highest BCUT2D eigenvalue weighted by atomic mass is 16.6. The molecule has 0 spiro atoms. The molecule has 0 aromatic carbocycles. The van der Waals surface area contributed by atoms with Gasteiger partial charge in [0.2, 0.25) is 6.10 Å². The van der Waals surface area contributed by atoms with Gasteiger partial charge in [0.1, 0.15) is 6.10 Å². The molecule has 0 aliphatic rings. The lowest BCUT2D eigenvalue weighted by Gasteiger charge is -2.29. The van der Waals surface area contributed by atoms with Crippen LogP contribution in [0.5, 0.6) is 0 Å². The third-order valence-corrected chi connectivity index (χ3v) is 1.61. The molecule has 2 atom stereocenters. The summed E-state index contributed by atoms with van der Waals surface area (Å²) in [5, 5.41) is 0. The number of rotatable bonds is 4. The van der Waals surface area contributed by atoms with Crippen molar-refractivity contribution in [3.63, 3.8) is 0 Å². The van der Waals surface area contributed by atoms with Gasteiger partial charge >= 0.3 is 6.09 Å². The third-order valence-electron chi connectivity index (χ3n) is 1.61. The maximum atomic E-state index is 11.3. The van der Waals surface area contributed by atoms with E-state index in [9.17, 15) is 9.59 Å². The highest BCUT2D eigenvalue weighted by molar-refractivity contribution is 5.83. The van der Waals surface area contributed by atoms with Crippen molar-refractivity contribution >= 4 is 12.0 Å². The maximum absolute atomic E-state index is 11.3. The molecule has 0 heterocycles. The summed E-state index contributed by atoms with van der Waals surface area (Å²) in [4.78, 5) is 21.9. The van der Waals surface area contributed by atoms with Crippen LogP contribution in [0.3, 0.4) is 0 Å². The van der Waals surface area contributed by atoms with Crippen molar-refractivity contribution in [3.8, 4) is 0 Å². The summed E-state index contributed by atoms with van der Waals surface area (Å²) in [6.45, 7) is 7.02. The van der Waals surface area contributed by atoms with Gasteiger partial charge in [-0.1, -0.05) is 0 Å². The number of hydrazine groups is 1. The van der Waals surface area contributed by atoms with E-state index in [1.165, 1.54) is 0 Å². The Labute approximate surface area is 94.4 Å². The predicted octanol–water partition coefficient (Wildman–Crippen LogP) is -0.356. The van der Waals surface area contributed by atoms with Crippen molar-refractivity contribution in [2.45, 2.75) is 45.5 Å². The highest BCUT2D eigenvalue weighted by Gasteiger charge is 2.31. The molecule has 5 N–H and O–H groups in total. The molecule has 0 unspecified atom stereocenters. The SMILES string of the molecule is C[C@@H](OC(C)(C)C)[C@H](OC(N)=O)C(=O)NN. The number of ether oxygens (including phenoxy) is 2. The Morgan fingerprint density at radius 2 is 1.81 bits per heavy atom. The van der Waals surface area contributed by atoms with Gasteiger partial charge in [0.15, 0.2) is 0 Å².